The van der Waals surface area contributed by atoms with Gasteiger partial charge in [0.25, 0.3) is 0 Å². The van der Waals surface area contributed by atoms with Crippen molar-refractivity contribution >= 4 is 33.3 Å². The second-order valence-corrected chi connectivity index (χ2v) is 9.00. The molecular formula is C23H23BrN4OS. The monoisotopic (exact) mass is 482 g/mol. The number of benzene rings is 1. The van der Waals surface area contributed by atoms with Crippen LogP contribution >= 0.6 is 28.1 Å². The van der Waals surface area contributed by atoms with Crippen molar-refractivity contribution in [2.75, 3.05) is 13.2 Å². The van der Waals surface area contributed by atoms with Crippen LogP contribution in [0.25, 0.3) is 5.69 Å². The summed E-state index contributed by atoms with van der Waals surface area (Å²) >= 11 is 9.40. The molecule has 0 radical (unpaired) electrons. The van der Waals surface area contributed by atoms with Crippen molar-refractivity contribution in [2.24, 2.45) is 0 Å². The fraction of sp³-hybridized carbons (Fsp3) is 0.304. The number of rotatable bonds is 5. The summed E-state index contributed by atoms with van der Waals surface area (Å²) in [6.07, 6.45) is 6.35. The maximum Gasteiger partial charge on any atom is 0.170 e. The van der Waals surface area contributed by atoms with Gasteiger partial charge >= 0.3 is 0 Å². The summed E-state index contributed by atoms with van der Waals surface area (Å²) in [5, 5.41) is 4.30. The highest BCUT2D eigenvalue weighted by Crippen LogP contribution is 2.40. The van der Waals surface area contributed by atoms with Crippen LogP contribution in [0.3, 0.4) is 0 Å². The van der Waals surface area contributed by atoms with Gasteiger partial charge in [0.1, 0.15) is 0 Å². The zero-order valence-electron chi connectivity index (χ0n) is 16.4. The molecule has 3 unspecified atom stereocenters. The number of thiocarbonyl (C=S) groups is 1. The van der Waals surface area contributed by atoms with Crippen LogP contribution in [0.4, 0.5) is 0 Å². The van der Waals surface area contributed by atoms with E-state index in [1.165, 1.54) is 5.69 Å². The third-order valence-corrected chi connectivity index (χ3v) is 6.64. The Bertz CT molecular complexity index is 1030. The molecule has 2 aliphatic rings. The summed E-state index contributed by atoms with van der Waals surface area (Å²) in [5.41, 5.74) is 3.27. The fourth-order valence-corrected chi connectivity index (χ4v) is 5.13. The molecule has 0 bridgehead atoms. The molecule has 1 aromatic carbocycles. The lowest BCUT2D eigenvalue weighted by molar-refractivity contribution is 0.0836. The van der Waals surface area contributed by atoms with Crippen molar-refractivity contribution in [1.82, 2.24) is 19.8 Å². The third kappa shape index (κ3) is 3.77. The molecule has 2 aliphatic heterocycles. The Morgan fingerprint density at radius 2 is 2.10 bits per heavy atom. The van der Waals surface area contributed by atoms with Crippen molar-refractivity contribution in [3.05, 3.63) is 82.9 Å². The van der Waals surface area contributed by atoms with Crippen molar-refractivity contribution in [3.8, 4) is 5.69 Å². The Morgan fingerprint density at radius 1 is 1.17 bits per heavy atom. The Morgan fingerprint density at radius 3 is 2.87 bits per heavy atom. The van der Waals surface area contributed by atoms with Gasteiger partial charge in [0.05, 0.1) is 23.9 Å². The molecule has 2 aromatic heterocycles. The summed E-state index contributed by atoms with van der Waals surface area (Å²) in [7, 11) is 0. The average molecular weight is 483 g/mol. The third-order valence-electron chi connectivity index (χ3n) is 5.79. The first-order valence-corrected chi connectivity index (χ1v) is 11.4. The van der Waals surface area contributed by atoms with Crippen molar-refractivity contribution in [3.63, 3.8) is 0 Å². The van der Waals surface area contributed by atoms with Gasteiger partial charge in [-0.15, -0.1) is 0 Å². The number of nitrogens with one attached hydrogen (secondary N) is 1. The van der Waals surface area contributed by atoms with Gasteiger partial charge in [-0.05, 0) is 67.5 Å². The number of hydrogen-bond acceptors (Lipinski definition) is 3. The molecule has 2 saturated heterocycles. The molecule has 1 N–H and O–H groups in total. The van der Waals surface area contributed by atoms with Gasteiger partial charge < -0.3 is 19.5 Å². The number of ether oxygens (including phenoxy) is 1. The SMILES string of the molecule is S=C1NC(c2ccccn2)C(c2cccn2-c2cccc(Br)c2)N1CC1CCCO1. The minimum atomic E-state index is -0.0269. The van der Waals surface area contributed by atoms with E-state index in [9.17, 15) is 0 Å². The Kier molecular flexibility index (Phi) is 5.58. The van der Waals surface area contributed by atoms with Crippen LogP contribution in [0.15, 0.2) is 71.5 Å². The van der Waals surface area contributed by atoms with Gasteiger partial charge in [-0.1, -0.05) is 28.1 Å². The minimum Gasteiger partial charge on any atom is -0.376 e. The summed E-state index contributed by atoms with van der Waals surface area (Å²) in [6, 6.07) is 18.7. The van der Waals surface area contributed by atoms with Crippen LogP contribution in [0, 0.1) is 0 Å². The molecule has 5 rings (SSSR count). The number of aromatic nitrogens is 2. The molecule has 3 aromatic rings. The van der Waals surface area contributed by atoms with Crippen LogP contribution in [0.5, 0.6) is 0 Å². The van der Waals surface area contributed by atoms with Gasteiger partial charge in [-0.2, -0.15) is 0 Å². The fourth-order valence-electron chi connectivity index (χ4n) is 4.43. The largest absolute Gasteiger partial charge is 0.376 e. The van der Waals surface area contributed by atoms with Crippen LogP contribution in [-0.2, 0) is 4.74 Å². The highest BCUT2D eigenvalue weighted by molar-refractivity contribution is 9.10. The van der Waals surface area contributed by atoms with Crippen LogP contribution in [0.2, 0.25) is 0 Å². The van der Waals surface area contributed by atoms with E-state index in [0.29, 0.717) is 0 Å². The quantitative estimate of drug-likeness (QED) is 0.529. The molecule has 30 heavy (non-hydrogen) atoms. The smallest absolute Gasteiger partial charge is 0.170 e. The van der Waals surface area contributed by atoms with E-state index in [1.54, 1.807) is 0 Å². The predicted octanol–water partition coefficient (Wildman–Crippen LogP) is 4.79. The van der Waals surface area contributed by atoms with E-state index in [2.05, 4.69) is 78.3 Å². The van der Waals surface area contributed by atoms with Crippen LogP contribution < -0.4 is 5.32 Å². The van der Waals surface area contributed by atoms with E-state index < -0.39 is 0 Å². The zero-order valence-corrected chi connectivity index (χ0v) is 18.8. The second kappa shape index (κ2) is 8.49. The number of halogens is 1. The van der Waals surface area contributed by atoms with Gasteiger partial charge in [-0.25, -0.2) is 0 Å². The first-order valence-electron chi connectivity index (χ1n) is 10.2. The average Bonchev–Trinajstić information content (AvgIpc) is 3.50. The Balaban J connectivity index is 1.57. The summed E-state index contributed by atoms with van der Waals surface area (Å²) in [4.78, 5) is 6.93. The molecule has 154 valence electrons. The topological polar surface area (TPSA) is 42.3 Å². The maximum atomic E-state index is 5.94. The maximum absolute atomic E-state index is 5.94. The molecule has 0 spiro atoms. The molecule has 7 heteroatoms. The molecule has 3 atom stereocenters. The number of hydrogen-bond donors (Lipinski definition) is 1. The van der Waals surface area contributed by atoms with Gasteiger partial charge in [0.15, 0.2) is 5.11 Å². The lowest BCUT2D eigenvalue weighted by atomic mass is 10.0. The molecule has 0 saturated carbocycles. The van der Waals surface area contributed by atoms with Crippen LogP contribution in [-0.4, -0.2) is 38.8 Å². The Hall–Kier alpha value is -2.22. The first kappa shape index (κ1) is 19.7. The first-order chi connectivity index (χ1) is 14.7. The highest BCUT2D eigenvalue weighted by atomic mass is 79.9. The van der Waals surface area contributed by atoms with Crippen molar-refractivity contribution in [2.45, 2.75) is 31.0 Å². The molecule has 5 nitrogen and oxygen atoms in total. The lowest BCUT2D eigenvalue weighted by Gasteiger charge is -2.30. The van der Waals surface area contributed by atoms with Crippen molar-refractivity contribution in [1.29, 1.82) is 0 Å². The number of pyridine rings is 1. The zero-order chi connectivity index (χ0) is 20.5. The van der Waals surface area contributed by atoms with Gasteiger partial charge in [0.2, 0.25) is 0 Å². The number of nitrogens with zero attached hydrogens (tertiary/aromatic N) is 3. The summed E-state index contributed by atoms with van der Waals surface area (Å²) < 4.78 is 9.24. The molecule has 4 heterocycles. The van der Waals surface area contributed by atoms with E-state index in [4.69, 9.17) is 17.0 Å². The molecular weight excluding hydrogens is 460 g/mol. The van der Waals surface area contributed by atoms with E-state index in [1.807, 2.05) is 24.4 Å². The van der Waals surface area contributed by atoms with Crippen molar-refractivity contribution < 1.29 is 4.74 Å². The summed E-state index contributed by atoms with van der Waals surface area (Å²) in [6.45, 7) is 1.62. The molecule has 2 fully saturated rings. The van der Waals surface area contributed by atoms with E-state index in [-0.39, 0.29) is 18.2 Å². The van der Waals surface area contributed by atoms with E-state index in [0.717, 1.165) is 47.0 Å². The van der Waals surface area contributed by atoms with E-state index >= 15 is 0 Å². The van der Waals surface area contributed by atoms with Crippen LogP contribution in [0.1, 0.15) is 36.3 Å². The molecule has 0 amide bonds. The molecule has 0 aliphatic carbocycles. The lowest BCUT2D eigenvalue weighted by Crippen LogP contribution is -2.36. The predicted molar refractivity (Wildman–Crippen MR) is 125 cm³/mol. The van der Waals surface area contributed by atoms with Gasteiger partial charge in [0, 0.05) is 41.4 Å². The highest BCUT2D eigenvalue weighted by Gasteiger charge is 2.42. The minimum absolute atomic E-state index is 0.0191. The summed E-state index contributed by atoms with van der Waals surface area (Å²) in [5.74, 6) is 0. The normalized spacial score (nSPS) is 23.7. The second-order valence-electron chi connectivity index (χ2n) is 7.70. The van der Waals surface area contributed by atoms with Gasteiger partial charge in [-0.3, -0.25) is 4.98 Å². The Labute approximate surface area is 190 Å². The standard InChI is InChI=1S/C23H23BrN4OS/c24-16-6-3-7-17(14-16)27-12-4-10-20(27)22-21(19-9-1-2-11-25-19)26-23(30)28(22)15-18-8-5-13-29-18/h1-4,6-7,9-12,14,18,21-22H,5,8,13,15H2,(H,26,30).